The Balaban J connectivity index is 2.72. The molecular weight excluding hydrogens is 188 g/mol. The predicted molar refractivity (Wildman–Crippen MR) is 61.8 cm³/mol. The molecule has 1 aromatic carbocycles. The number of hydrogen-bond donors (Lipinski definition) is 1. The molecule has 0 amide bonds. The molecule has 0 aliphatic heterocycles. The first-order valence-corrected chi connectivity index (χ1v) is 5.33. The van der Waals surface area contributed by atoms with Crippen LogP contribution in [0.15, 0.2) is 24.3 Å². The summed E-state index contributed by atoms with van der Waals surface area (Å²) >= 11 is 0. The van der Waals surface area contributed by atoms with E-state index in [1.807, 2.05) is 45.0 Å². The SMILES string of the molecule is Cc1ccc(C(C)(O)COC(C)C)cc1. The first-order chi connectivity index (χ1) is 6.92. The number of hydrogen-bond acceptors (Lipinski definition) is 2. The van der Waals surface area contributed by atoms with Crippen molar-refractivity contribution >= 4 is 0 Å². The van der Waals surface area contributed by atoms with Gasteiger partial charge in [-0.05, 0) is 33.3 Å². The van der Waals surface area contributed by atoms with E-state index in [9.17, 15) is 5.11 Å². The normalized spacial score (nSPS) is 15.3. The van der Waals surface area contributed by atoms with Crippen LogP contribution in [0.3, 0.4) is 0 Å². The van der Waals surface area contributed by atoms with Crippen molar-refractivity contribution in [1.82, 2.24) is 0 Å². The van der Waals surface area contributed by atoms with Gasteiger partial charge in [-0.2, -0.15) is 0 Å². The standard InChI is InChI=1S/C13H20O2/c1-10(2)15-9-13(4,14)12-7-5-11(3)6-8-12/h5-8,10,14H,9H2,1-4H3. The van der Waals surface area contributed by atoms with Crippen molar-refractivity contribution in [2.75, 3.05) is 6.61 Å². The molecule has 0 radical (unpaired) electrons. The van der Waals surface area contributed by atoms with E-state index in [1.54, 1.807) is 6.92 Å². The molecule has 0 fully saturated rings. The van der Waals surface area contributed by atoms with E-state index in [-0.39, 0.29) is 6.10 Å². The molecule has 15 heavy (non-hydrogen) atoms. The van der Waals surface area contributed by atoms with Gasteiger partial charge in [-0.1, -0.05) is 29.8 Å². The van der Waals surface area contributed by atoms with Crippen LogP contribution < -0.4 is 0 Å². The summed E-state index contributed by atoms with van der Waals surface area (Å²) in [7, 11) is 0. The Bertz CT molecular complexity index is 299. The summed E-state index contributed by atoms with van der Waals surface area (Å²) in [6.45, 7) is 8.06. The fourth-order valence-corrected chi connectivity index (χ4v) is 1.32. The average molecular weight is 208 g/mol. The van der Waals surface area contributed by atoms with Gasteiger partial charge in [0.2, 0.25) is 0 Å². The fraction of sp³-hybridized carbons (Fsp3) is 0.538. The van der Waals surface area contributed by atoms with Crippen molar-refractivity contribution in [3.63, 3.8) is 0 Å². The molecule has 0 saturated carbocycles. The number of rotatable bonds is 4. The highest BCUT2D eigenvalue weighted by Crippen LogP contribution is 2.21. The molecule has 0 saturated heterocycles. The first-order valence-electron chi connectivity index (χ1n) is 5.33. The van der Waals surface area contributed by atoms with Gasteiger partial charge in [0.1, 0.15) is 5.60 Å². The first kappa shape index (κ1) is 12.2. The summed E-state index contributed by atoms with van der Waals surface area (Å²) in [6, 6.07) is 7.89. The maximum atomic E-state index is 10.2. The molecule has 0 heterocycles. The van der Waals surface area contributed by atoms with Gasteiger partial charge < -0.3 is 9.84 Å². The van der Waals surface area contributed by atoms with Crippen LogP contribution >= 0.6 is 0 Å². The van der Waals surface area contributed by atoms with E-state index in [0.29, 0.717) is 6.61 Å². The number of aryl methyl sites for hydroxylation is 1. The van der Waals surface area contributed by atoms with Crippen molar-refractivity contribution < 1.29 is 9.84 Å². The molecule has 84 valence electrons. The van der Waals surface area contributed by atoms with Crippen LogP contribution in [0, 0.1) is 6.92 Å². The smallest absolute Gasteiger partial charge is 0.110 e. The summed E-state index contributed by atoms with van der Waals surface area (Å²) < 4.78 is 5.44. The lowest BCUT2D eigenvalue weighted by atomic mass is 9.96. The van der Waals surface area contributed by atoms with Gasteiger partial charge in [-0.25, -0.2) is 0 Å². The second kappa shape index (κ2) is 4.77. The molecule has 1 rings (SSSR count). The van der Waals surface area contributed by atoms with Crippen LogP contribution in [0.25, 0.3) is 0 Å². The zero-order valence-electron chi connectivity index (χ0n) is 9.95. The van der Waals surface area contributed by atoms with E-state index in [2.05, 4.69) is 0 Å². The third-order valence-corrected chi connectivity index (χ3v) is 2.37. The molecule has 1 N–H and O–H groups in total. The quantitative estimate of drug-likeness (QED) is 0.824. The third-order valence-electron chi connectivity index (χ3n) is 2.37. The molecule has 0 aliphatic rings. The minimum atomic E-state index is -0.905. The number of ether oxygens (including phenoxy) is 1. The molecule has 2 heteroatoms. The summed E-state index contributed by atoms with van der Waals surface area (Å²) in [6.07, 6.45) is 0.141. The molecule has 0 aromatic heterocycles. The predicted octanol–water partition coefficient (Wildman–Crippen LogP) is 2.63. The monoisotopic (exact) mass is 208 g/mol. The summed E-state index contributed by atoms with van der Waals surface area (Å²) in [5.41, 5.74) is 1.19. The second-order valence-corrected chi connectivity index (χ2v) is 4.50. The fourth-order valence-electron chi connectivity index (χ4n) is 1.32. The Kier molecular flexibility index (Phi) is 3.89. The van der Waals surface area contributed by atoms with Crippen LogP contribution in [-0.2, 0) is 10.3 Å². The average Bonchev–Trinajstić information content (AvgIpc) is 2.16. The Labute approximate surface area is 91.9 Å². The molecule has 1 unspecified atom stereocenters. The van der Waals surface area contributed by atoms with Gasteiger partial charge in [0, 0.05) is 0 Å². The van der Waals surface area contributed by atoms with Crippen LogP contribution in [0.2, 0.25) is 0 Å². The highest BCUT2D eigenvalue weighted by Gasteiger charge is 2.23. The third kappa shape index (κ3) is 3.65. The summed E-state index contributed by atoms with van der Waals surface area (Å²) in [5.74, 6) is 0. The molecule has 0 spiro atoms. The van der Waals surface area contributed by atoms with E-state index in [0.717, 1.165) is 5.56 Å². The summed E-state index contributed by atoms with van der Waals surface area (Å²) in [4.78, 5) is 0. The van der Waals surface area contributed by atoms with Gasteiger partial charge >= 0.3 is 0 Å². The molecule has 1 atom stereocenters. The largest absolute Gasteiger partial charge is 0.383 e. The van der Waals surface area contributed by atoms with Gasteiger partial charge in [-0.15, -0.1) is 0 Å². The Morgan fingerprint density at radius 3 is 2.27 bits per heavy atom. The molecular formula is C13H20O2. The van der Waals surface area contributed by atoms with Crippen LogP contribution in [0.1, 0.15) is 31.9 Å². The maximum absolute atomic E-state index is 10.2. The van der Waals surface area contributed by atoms with E-state index in [1.165, 1.54) is 5.56 Å². The van der Waals surface area contributed by atoms with Crippen LogP contribution in [0.4, 0.5) is 0 Å². The van der Waals surface area contributed by atoms with Crippen molar-refractivity contribution in [2.24, 2.45) is 0 Å². The lowest BCUT2D eigenvalue weighted by Gasteiger charge is -2.25. The van der Waals surface area contributed by atoms with Gasteiger partial charge in [0.15, 0.2) is 0 Å². The summed E-state index contributed by atoms with van der Waals surface area (Å²) in [5, 5.41) is 10.2. The lowest BCUT2D eigenvalue weighted by Crippen LogP contribution is -2.29. The topological polar surface area (TPSA) is 29.5 Å². The minimum Gasteiger partial charge on any atom is -0.383 e. The van der Waals surface area contributed by atoms with Crippen molar-refractivity contribution in [3.8, 4) is 0 Å². The lowest BCUT2D eigenvalue weighted by molar-refractivity contribution is -0.0574. The molecule has 0 bridgehead atoms. The van der Waals surface area contributed by atoms with Gasteiger partial charge in [0.05, 0.1) is 12.7 Å². The maximum Gasteiger partial charge on any atom is 0.110 e. The molecule has 2 nitrogen and oxygen atoms in total. The van der Waals surface area contributed by atoms with E-state index < -0.39 is 5.60 Å². The van der Waals surface area contributed by atoms with E-state index >= 15 is 0 Å². The Hall–Kier alpha value is -0.860. The van der Waals surface area contributed by atoms with Crippen molar-refractivity contribution in [3.05, 3.63) is 35.4 Å². The van der Waals surface area contributed by atoms with E-state index in [4.69, 9.17) is 4.74 Å². The van der Waals surface area contributed by atoms with Crippen molar-refractivity contribution in [2.45, 2.75) is 39.4 Å². The van der Waals surface area contributed by atoms with Gasteiger partial charge in [0.25, 0.3) is 0 Å². The molecule has 0 aliphatic carbocycles. The highest BCUT2D eigenvalue weighted by atomic mass is 16.5. The Morgan fingerprint density at radius 1 is 1.27 bits per heavy atom. The Morgan fingerprint density at radius 2 is 1.80 bits per heavy atom. The zero-order chi connectivity index (χ0) is 11.5. The highest BCUT2D eigenvalue weighted by molar-refractivity contribution is 5.25. The number of aliphatic hydroxyl groups is 1. The second-order valence-electron chi connectivity index (χ2n) is 4.50. The minimum absolute atomic E-state index is 0.141. The van der Waals surface area contributed by atoms with Crippen LogP contribution in [-0.4, -0.2) is 17.8 Å². The number of benzene rings is 1. The van der Waals surface area contributed by atoms with Gasteiger partial charge in [-0.3, -0.25) is 0 Å². The molecule has 1 aromatic rings. The van der Waals surface area contributed by atoms with Crippen LogP contribution in [0.5, 0.6) is 0 Å². The van der Waals surface area contributed by atoms with Crippen molar-refractivity contribution in [1.29, 1.82) is 0 Å². The zero-order valence-corrected chi connectivity index (χ0v) is 9.95.